The number of hydrogen-bond donors (Lipinski definition) is 1. The van der Waals surface area contributed by atoms with Gasteiger partial charge in [0.1, 0.15) is 0 Å². The minimum Gasteiger partial charge on any atom is -0.389 e. The molecule has 3 nitrogen and oxygen atoms in total. The fraction of sp³-hybridized carbons (Fsp3) is 0.692. The molecule has 0 fully saturated rings. The van der Waals surface area contributed by atoms with Crippen LogP contribution in [0.5, 0.6) is 0 Å². The molecule has 17 heavy (non-hydrogen) atoms. The van der Waals surface area contributed by atoms with E-state index in [2.05, 4.69) is 24.3 Å². The third kappa shape index (κ3) is 8.02. The van der Waals surface area contributed by atoms with Crippen molar-refractivity contribution in [1.29, 1.82) is 0 Å². The fourth-order valence-corrected chi connectivity index (χ4v) is 1.54. The van der Waals surface area contributed by atoms with Crippen molar-refractivity contribution in [2.24, 2.45) is 0 Å². The average Bonchev–Trinajstić information content (AvgIpc) is 2.32. The van der Waals surface area contributed by atoms with E-state index >= 15 is 0 Å². The van der Waals surface area contributed by atoms with E-state index in [1.165, 1.54) is 6.42 Å². The Morgan fingerprint density at radius 2 is 1.88 bits per heavy atom. The summed E-state index contributed by atoms with van der Waals surface area (Å²) < 4.78 is 4.65. The zero-order valence-electron chi connectivity index (χ0n) is 10.7. The standard InChI is InChI=1S/C13H22O3S/c1-3-5-6-7-9-11(8-4-2)13(15)16-12(14)10-17/h8,17H,3-7,9-10H2,1-2H3. The summed E-state index contributed by atoms with van der Waals surface area (Å²) in [6.45, 7) is 4.10. The maximum atomic E-state index is 11.6. The van der Waals surface area contributed by atoms with Gasteiger partial charge in [-0.25, -0.2) is 4.79 Å². The largest absolute Gasteiger partial charge is 0.389 e. The fourth-order valence-electron chi connectivity index (χ4n) is 1.48. The Balaban J connectivity index is 4.18. The molecule has 98 valence electrons. The summed E-state index contributed by atoms with van der Waals surface area (Å²) in [6.07, 6.45) is 7.69. The molecule has 0 aromatic rings. The van der Waals surface area contributed by atoms with Gasteiger partial charge in [-0.2, -0.15) is 12.6 Å². The van der Waals surface area contributed by atoms with Crippen LogP contribution in [0, 0.1) is 0 Å². The van der Waals surface area contributed by atoms with Gasteiger partial charge in [-0.1, -0.05) is 39.2 Å². The maximum Gasteiger partial charge on any atom is 0.341 e. The minimum atomic E-state index is -0.589. The average molecular weight is 258 g/mol. The number of carbonyl (C=O) groups excluding carboxylic acids is 2. The molecule has 0 rings (SSSR count). The SMILES string of the molecule is CCC=C(CCCCCC)C(=O)OC(=O)CS. The zero-order chi connectivity index (χ0) is 13.1. The minimum absolute atomic E-state index is 0.0685. The van der Waals surface area contributed by atoms with Crippen LogP contribution in [0.15, 0.2) is 11.6 Å². The van der Waals surface area contributed by atoms with Gasteiger partial charge in [0.2, 0.25) is 0 Å². The van der Waals surface area contributed by atoms with Crippen LogP contribution in [0.4, 0.5) is 0 Å². The van der Waals surface area contributed by atoms with Crippen molar-refractivity contribution < 1.29 is 14.3 Å². The second-order valence-electron chi connectivity index (χ2n) is 3.87. The van der Waals surface area contributed by atoms with Crippen LogP contribution >= 0.6 is 12.6 Å². The van der Waals surface area contributed by atoms with Crippen molar-refractivity contribution in [1.82, 2.24) is 0 Å². The second-order valence-corrected chi connectivity index (χ2v) is 4.18. The number of allylic oxidation sites excluding steroid dienone is 1. The first-order chi connectivity index (χ1) is 8.15. The molecular formula is C13H22O3S. The zero-order valence-corrected chi connectivity index (χ0v) is 11.6. The molecule has 0 bridgehead atoms. The van der Waals surface area contributed by atoms with E-state index in [9.17, 15) is 9.59 Å². The van der Waals surface area contributed by atoms with Gasteiger partial charge in [0.15, 0.2) is 0 Å². The number of unbranched alkanes of at least 4 members (excludes halogenated alkanes) is 3. The third-order valence-electron chi connectivity index (χ3n) is 2.35. The van der Waals surface area contributed by atoms with Crippen LogP contribution in [-0.2, 0) is 14.3 Å². The molecular weight excluding hydrogens is 236 g/mol. The molecule has 0 saturated heterocycles. The van der Waals surface area contributed by atoms with Gasteiger partial charge in [-0.3, -0.25) is 4.79 Å². The van der Waals surface area contributed by atoms with Crippen LogP contribution in [0.1, 0.15) is 52.4 Å². The summed E-state index contributed by atoms with van der Waals surface area (Å²) in [6, 6.07) is 0. The Hall–Kier alpha value is -0.770. The van der Waals surface area contributed by atoms with Crippen molar-refractivity contribution in [2.45, 2.75) is 52.4 Å². The predicted octanol–water partition coefficient (Wildman–Crippen LogP) is 3.29. The van der Waals surface area contributed by atoms with Crippen LogP contribution in [0.25, 0.3) is 0 Å². The number of carbonyl (C=O) groups is 2. The molecule has 0 aliphatic heterocycles. The lowest BCUT2D eigenvalue weighted by Crippen LogP contribution is -2.15. The molecule has 0 aromatic heterocycles. The summed E-state index contributed by atoms with van der Waals surface area (Å²) in [5.41, 5.74) is 0.610. The van der Waals surface area contributed by atoms with Gasteiger partial charge in [-0.05, 0) is 19.3 Å². The number of ether oxygens (including phenoxy) is 1. The van der Waals surface area contributed by atoms with Crippen LogP contribution in [0.3, 0.4) is 0 Å². The lowest BCUT2D eigenvalue weighted by atomic mass is 10.1. The molecule has 0 aliphatic carbocycles. The van der Waals surface area contributed by atoms with E-state index in [-0.39, 0.29) is 5.75 Å². The highest BCUT2D eigenvalue weighted by molar-refractivity contribution is 7.81. The van der Waals surface area contributed by atoms with E-state index in [1.54, 1.807) is 0 Å². The number of rotatable bonds is 8. The van der Waals surface area contributed by atoms with E-state index in [0.29, 0.717) is 12.0 Å². The number of hydrogen-bond acceptors (Lipinski definition) is 4. The molecule has 0 spiro atoms. The lowest BCUT2D eigenvalue weighted by Gasteiger charge is -2.06. The van der Waals surface area contributed by atoms with E-state index in [0.717, 1.165) is 25.7 Å². The highest BCUT2D eigenvalue weighted by Gasteiger charge is 2.13. The van der Waals surface area contributed by atoms with Crippen LogP contribution < -0.4 is 0 Å². The molecule has 0 radical (unpaired) electrons. The highest BCUT2D eigenvalue weighted by atomic mass is 32.1. The van der Waals surface area contributed by atoms with Crippen molar-refractivity contribution >= 4 is 24.6 Å². The molecule has 4 heteroatoms. The smallest absolute Gasteiger partial charge is 0.341 e. The summed E-state index contributed by atoms with van der Waals surface area (Å²) in [7, 11) is 0. The lowest BCUT2D eigenvalue weighted by molar-refractivity contribution is -0.154. The quantitative estimate of drug-likeness (QED) is 0.239. The van der Waals surface area contributed by atoms with Gasteiger partial charge in [-0.15, -0.1) is 0 Å². The van der Waals surface area contributed by atoms with E-state index < -0.39 is 11.9 Å². The van der Waals surface area contributed by atoms with E-state index in [1.807, 2.05) is 13.0 Å². The van der Waals surface area contributed by atoms with Crippen LogP contribution in [0.2, 0.25) is 0 Å². The first kappa shape index (κ1) is 16.2. The summed E-state index contributed by atoms with van der Waals surface area (Å²) in [4.78, 5) is 22.6. The normalized spacial score (nSPS) is 11.4. The first-order valence-electron chi connectivity index (χ1n) is 6.20. The Kier molecular flexibility index (Phi) is 9.92. The van der Waals surface area contributed by atoms with E-state index in [4.69, 9.17) is 0 Å². The molecule has 0 unspecified atom stereocenters. The Morgan fingerprint density at radius 1 is 1.18 bits per heavy atom. The van der Waals surface area contributed by atoms with Gasteiger partial charge in [0.05, 0.1) is 5.75 Å². The second kappa shape index (κ2) is 10.4. The first-order valence-corrected chi connectivity index (χ1v) is 6.83. The predicted molar refractivity (Wildman–Crippen MR) is 72.1 cm³/mol. The maximum absolute atomic E-state index is 11.6. The molecule has 0 saturated carbocycles. The van der Waals surface area contributed by atoms with Gasteiger partial charge >= 0.3 is 11.9 Å². The Bertz CT molecular complexity index is 272. The summed E-state index contributed by atoms with van der Waals surface area (Å²) >= 11 is 3.76. The topological polar surface area (TPSA) is 43.4 Å². The van der Waals surface area contributed by atoms with Gasteiger partial charge in [0, 0.05) is 5.57 Å². The van der Waals surface area contributed by atoms with Crippen molar-refractivity contribution in [3.05, 3.63) is 11.6 Å². The molecule has 0 heterocycles. The molecule has 0 aliphatic rings. The summed E-state index contributed by atoms with van der Waals surface area (Å²) in [5, 5.41) is 0. The summed E-state index contributed by atoms with van der Waals surface area (Å²) in [5.74, 6) is -1.17. The number of thiol groups is 1. The van der Waals surface area contributed by atoms with Crippen molar-refractivity contribution in [3.8, 4) is 0 Å². The third-order valence-corrected chi connectivity index (χ3v) is 2.61. The Labute approximate surface area is 109 Å². The molecule has 0 N–H and O–H groups in total. The van der Waals surface area contributed by atoms with Gasteiger partial charge < -0.3 is 4.74 Å². The van der Waals surface area contributed by atoms with Gasteiger partial charge in [0.25, 0.3) is 0 Å². The Morgan fingerprint density at radius 3 is 2.41 bits per heavy atom. The van der Waals surface area contributed by atoms with Crippen molar-refractivity contribution in [2.75, 3.05) is 5.75 Å². The van der Waals surface area contributed by atoms with Crippen molar-refractivity contribution in [3.63, 3.8) is 0 Å². The molecule has 0 aromatic carbocycles. The van der Waals surface area contributed by atoms with Crippen LogP contribution in [-0.4, -0.2) is 17.7 Å². The molecule has 0 amide bonds. The molecule has 0 atom stereocenters. The highest BCUT2D eigenvalue weighted by Crippen LogP contribution is 2.13. The monoisotopic (exact) mass is 258 g/mol. The number of esters is 2.